The summed E-state index contributed by atoms with van der Waals surface area (Å²) in [6.07, 6.45) is 0. The van der Waals surface area contributed by atoms with Gasteiger partial charge in [0.25, 0.3) is 5.91 Å². The molecule has 0 atom stereocenters. The molecule has 1 amide bonds. The number of benzene rings is 2. The van der Waals surface area contributed by atoms with Crippen molar-refractivity contribution in [1.29, 1.82) is 0 Å². The molecular formula is C14H9Br2F2NO. The van der Waals surface area contributed by atoms with Gasteiger partial charge in [0.1, 0.15) is 0 Å². The van der Waals surface area contributed by atoms with Crippen molar-refractivity contribution in [2.75, 3.05) is 0 Å². The van der Waals surface area contributed by atoms with Gasteiger partial charge in [-0.2, -0.15) is 0 Å². The number of amides is 1. The number of hydrogen-bond acceptors (Lipinski definition) is 1. The average molecular weight is 405 g/mol. The fraction of sp³-hybridized carbons (Fsp3) is 0.0714. The lowest BCUT2D eigenvalue weighted by Gasteiger charge is -2.07. The monoisotopic (exact) mass is 403 g/mol. The summed E-state index contributed by atoms with van der Waals surface area (Å²) in [5.41, 5.74) is 0.960. The Bertz CT molecular complexity index is 662. The van der Waals surface area contributed by atoms with Gasteiger partial charge in [0.05, 0.1) is 5.56 Å². The molecule has 0 saturated heterocycles. The molecule has 0 aliphatic heterocycles. The van der Waals surface area contributed by atoms with E-state index in [-0.39, 0.29) is 12.5 Å². The van der Waals surface area contributed by atoms with Crippen molar-refractivity contribution < 1.29 is 13.6 Å². The van der Waals surface area contributed by atoms with Crippen molar-refractivity contribution >= 4 is 37.8 Å². The number of nitrogens with one attached hydrogen (secondary N) is 1. The maximum Gasteiger partial charge on any atom is 0.252 e. The molecule has 0 spiro atoms. The lowest BCUT2D eigenvalue weighted by Crippen LogP contribution is -2.23. The Labute approximate surface area is 131 Å². The Morgan fingerprint density at radius 3 is 2.45 bits per heavy atom. The van der Waals surface area contributed by atoms with Crippen molar-refractivity contribution in [3.63, 3.8) is 0 Å². The number of rotatable bonds is 3. The van der Waals surface area contributed by atoms with Crippen molar-refractivity contribution in [3.05, 3.63) is 68.1 Å². The summed E-state index contributed by atoms with van der Waals surface area (Å²) in [5.74, 6) is -2.13. The highest BCUT2D eigenvalue weighted by atomic mass is 79.9. The number of hydrogen-bond donors (Lipinski definition) is 1. The minimum atomic E-state index is -0.929. The first kappa shape index (κ1) is 15.1. The standard InChI is InChI=1S/C14H9Br2F2NO/c15-9-2-3-10(11(16)6-9)14(20)19-7-8-1-4-12(17)13(18)5-8/h1-6H,7H2,(H,19,20). The zero-order valence-corrected chi connectivity index (χ0v) is 13.3. The first-order valence-corrected chi connectivity index (χ1v) is 7.23. The summed E-state index contributed by atoms with van der Waals surface area (Å²) in [5, 5.41) is 2.65. The van der Waals surface area contributed by atoms with Crippen LogP contribution < -0.4 is 5.32 Å². The third-order valence-electron chi connectivity index (χ3n) is 2.61. The van der Waals surface area contributed by atoms with Crippen LogP contribution in [0.15, 0.2) is 45.3 Å². The minimum Gasteiger partial charge on any atom is -0.348 e. The van der Waals surface area contributed by atoms with Crippen molar-refractivity contribution in [2.45, 2.75) is 6.54 Å². The first-order valence-electron chi connectivity index (χ1n) is 5.64. The van der Waals surface area contributed by atoms with Crippen LogP contribution in [0.1, 0.15) is 15.9 Å². The van der Waals surface area contributed by atoms with E-state index < -0.39 is 11.6 Å². The van der Waals surface area contributed by atoms with E-state index in [1.165, 1.54) is 6.07 Å². The van der Waals surface area contributed by atoms with Gasteiger partial charge in [0, 0.05) is 15.5 Å². The number of carbonyl (C=O) groups is 1. The predicted octanol–water partition coefficient (Wildman–Crippen LogP) is 4.42. The highest BCUT2D eigenvalue weighted by Gasteiger charge is 2.10. The molecule has 0 radical (unpaired) electrons. The fourth-order valence-corrected chi connectivity index (χ4v) is 2.83. The largest absolute Gasteiger partial charge is 0.348 e. The molecule has 1 N–H and O–H groups in total. The van der Waals surface area contributed by atoms with Gasteiger partial charge in [-0.25, -0.2) is 8.78 Å². The molecule has 2 rings (SSSR count). The third kappa shape index (κ3) is 3.64. The summed E-state index contributed by atoms with van der Waals surface area (Å²) in [7, 11) is 0. The van der Waals surface area contributed by atoms with Gasteiger partial charge in [-0.15, -0.1) is 0 Å². The Balaban J connectivity index is 2.06. The molecule has 2 aromatic rings. The normalized spacial score (nSPS) is 10.4. The lowest BCUT2D eigenvalue weighted by atomic mass is 10.2. The summed E-state index contributed by atoms with van der Waals surface area (Å²) in [6, 6.07) is 8.69. The number of carbonyl (C=O) groups excluding carboxylic acids is 1. The zero-order chi connectivity index (χ0) is 14.7. The highest BCUT2D eigenvalue weighted by Crippen LogP contribution is 2.22. The molecule has 0 unspecified atom stereocenters. The number of halogens is 4. The molecule has 0 heterocycles. The Morgan fingerprint density at radius 2 is 1.80 bits per heavy atom. The Morgan fingerprint density at radius 1 is 1.05 bits per heavy atom. The van der Waals surface area contributed by atoms with Crippen LogP contribution in [0.5, 0.6) is 0 Å². The zero-order valence-electron chi connectivity index (χ0n) is 10.1. The van der Waals surface area contributed by atoms with Gasteiger partial charge in [-0.1, -0.05) is 22.0 Å². The van der Waals surface area contributed by atoms with Crippen LogP contribution in [0.3, 0.4) is 0 Å². The maximum absolute atomic E-state index is 13.0. The highest BCUT2D eigenvalue weighted by molar-refractivity contribution is 9.11. The minimum absolute atomic E-state index is 0.124. The SMILES string of the molecule is O=C(NCc1ccc(F)c(F)c1)c1ccc(Br)cc1Br. The van der Waals surface area contributed by atoms with Gasteiger partial charge in [-0.3, -0.25) is 4.79 Å². The summed E-state index contributed by atoms with van der Waals surface area (Å²) in [6.45, 7) is 0.124. The van der Waals surface area contributed by atoms with E-state index in [0.717, 1.165) is 16.6 Å². The topological polar surface area (TPSA) is 29.1 Å². The molecule has 0 fully saturated rings. The predicted molar refractivity (Wildman–Crippen MR) is 79.4 cm³/mol. The average Bonchev–Trinajstić information content (AvgIpc) is 2.40. The van der Waals surface area contributed by atoms with Crippen LogP contribution in [0.4, 0.5) is 8.78 Å². The van der Waals surface area contributed by atoms with Crippen LogP contribution >= 0.6 is 31.9 Å². The van der Waals surface area contributed by atoms with Gasteiger partial charge in [-0.05, 0) is 51.8 Å². The van der Waals surface area contributed by atoms with E-state index in [2.05, 4.69) is 37.2 Å². The molecule has 6 heteroatoms. The molecular weight excluding hydrogens is 396 g/mol. The summed E-state index contributed by atoms with van der Waals surface area (Å²) < 4.78 is 27.3. The lowest BCUT2D eigenvalue weighted by molar-refractivity contribution is 0.0950. The molecule has 20 heavy (non-hydrogen) atoms. The Hall–Kier alpha value is -1.27. The van der Waals surface area contributed by atoms with Crippen LogP contribution in [0, 0.1) is 11.6 Å². The van der Waals surface area contributed by atoms with Gasteiger partial charge in [0.15, 0.2) is 11.6 Å². The molecule has 2 aromatic carbocycles. The quantitative estimate of drug-likeness (QED) is 0.805. The van der Waals surface area contributed by atoms with Crippen molar-refractivity contribution in [1.82, 2.24) is 5.32 Å². The van der Waals surface area contributed by atoms with E-state index in [0.29, 0.717) is 15.6 Å². The summed E-state index contributed by atoms with van der Waals surface area (Å²) in [4.78, 5) is 12.0. The second-order valence-corrected chi connectivity index (χ2v) is 5.83. The first-order chi connectivity index (χ1) is 9.47. The molecule has 2 nitrogen and oxygen atoms in total. The van der Waals surface area contributed by atoms with Crippen LogP contribution in [0.2, 0.25) is 0 Å². The van der Waals surface area contributed by atoms with E-state index in [1.54, 1.807) is 18.2 Å². The molecule has 104 valence electrons. The van der Waals surface area contributed by atoms with E-state index in [1.807, 2.05) is 0 Å². The molecule has 0 aromatic heterocycles. The molecule has 0 saturated carbocycles. The third-order valence-corrected chi connectivity index (χ3v) is 3.76. The molecule has 0 bridgehead atoms. The van der Waals surface area contributed by atoms with E-state index >= 15 is 0 Å². The second-order valence-electron chi connectivity index (χ2n) is 4.06. The van der Waals surface area contributed by atoms with Gasteiger partial charge in [0.2, 0.25) is 0 Å². The maximum atomic E-state index is 13.0. The fourth-order valence-electron chi connectivity index (χ4n) is 1.60. The smallest absolute Gasteiger partial charge is 0.252 e. The second kappa shape index (κ2) is 6.45. The molecule has 0 aliphatic rings. The van der Waals surface area contributed by atoms with Gasteiger partial charge < -0.3 is 5.32 Å². The Kier molecular flexibility index (Phi) is 4.88. The summed E-state index contributed by atoms with van der Waals surface area (Å²) >= 11 is 6.59. The van der Waals surface area contributed by atoms with E-state index in [4.69, 9.17) is 0 Å². The van der Waals surface area contributed by atoms with Crippen molar-refractivity contribution in [3.8, 4) is 0 Å². The van der Waals surface area contributed by atoms with E-state index in [9.17, 15) is 13.6 Å². The van der Waals surface area contributed by atoms with Crippen LogP contribution in [-0.2, 0) is 6.54 Å². The van der Waals surface area contributed by atoms with Crippen LogP contribution in [-0.4, -0.2) is 5.91 Å². The van der Waals surface area contributed by atoms with Gasteiger partial charge >= 0.3 is 0 Å². The van der Waals surface area contributed by atoms with Crippen LogP contribution in [0.25, 0.3) is 0 Å². The molecule has 0 aliphatic carbocycles. The van der Waals surface area contributed by atoms with Crippen molar-refractivity contribution in [2.24, 2.45) is 0 Å².